The molecule has 0 fully saturated rings. The molecule has 0 spiro atoms. The number of aromatic nitrogens is 3. The van der Waals surface area contributed by atoms with Crippen molar-refractivity contribution in [3.63, 3.8) is 0 Å². The molecule has 6 heteroatoms. The normalized spacial score (nSPS) is 10.0. The SMILES string of the molecule is Cc1nnc(SCCOc2cccc(C#CCO)c2)n1C. The van der Waals surface area contributed by atoms with Crippen LogP contribution in [0.5, 0.6) is 5.75 Å². The number of aliphatic hydroxyl groups excluding tert-OH is 1. The van der Waals surface area contributed by atoms with Gasteiger partial charge in [-0.15, -0.1) is 10.2 Å². The summed E-state index contributed by atoms with van der Waals surface area (Å²) in [5.74, 6) is 7.93. The van der Waals surface area contributed by atoms with Crippen molar-refractivity contribution in [1.82, 2.24) is 14.8 Å². The van der Waals surface area contributed by atoms with Crippen molar-refractivity contribution in [1.29, 1.82) is 0 Å². The maximum Gasteiger partial charge on any atom is 0.191 e. The first-order valence-corrected chi connectivity index (χ1v) is 7.50. The Balaban J connectivity index is 1.82. The number of rotatable bonds is 5. The summed E-state index contributed by atoms with van der Waals surface area (Å²) in [5.41, 5.74) is 0.832. The van der Waals surface area contributed by atoms with Crippen LogP contribution in [0.15, 0.2) is 29.4 Å². The van der Waals surface area contributed by atoms with E-state index in [1.807, 2.05) is 42.8 Å². The number of hydrogen-bond acceptors (Lipinski definition) is 5. The topological polar surface area (TPSA) is 60.2 Å². The molecule has 0 radical (unpaired) electrons. The lowest BCUT2D eigenvalue weighted by molar-refractivity contribution is 0.343. The van der Waals surface area contributed by atoms with E-state index in [4.69, 9.17) is 9.84 Å². The second kappa shape index (κ2) is 7.72. The summed E-state index contributed by atoms with van der Waals surface area (Å²) < 4.78 is 7.64. The van der Waals surface area contributed by atoms with Crippen LogP contribution in [0.25, 0.3) is 0 Å². The summed E-state index contributed by atoms with van der Waals surface area (Å²) in [6.45, 7) is 2.36. The predicted octanol–water partition coefficient (Wildman–Crippen LogP) is 1.64. The number of ether oxygens (including phenoxy) is 1. The van der Waals surface area contributed by atoms with Gasteiger partial charge in [-0.3, -0.25) is 0 Å². The van der Waals surface area contributed by atoms with E-state index < -0.39 is 0 Å². The monoisotopic (exact) mass is 303 g/mol. The van der Waals surface area contributed by atoms with Gasteiger partial charge >= 0.3 is 0 Å². The van der Waals surface area contributed by atoms with E-state index in [9.17, 15) is 0 Å². The highest BCUT2D eigenvalue weighted by atomic mass is 32.2. The van der Waals surface area contributed by atoms with Crippen molar-refractivity contribution in [2.24, 2.45) is 7.05 Å². The van der Waals surface area contributed by atoms with Gasteiger partial charge in [0.25, 0.3) is 0 Å². The Morgan fingerprint density at radius 1 is 1.38 bits per heavy atom. The zero-order chi connectivity index (χ0) is 15.1. The molecule has 0 amide bonds. The van der Waals surface area contributed by atoms with E-state index in [-0.39, 0.29) is 6.61 Å². The minimum atomic E-state index is -0.140. The van der Waals surface area contributed by atoms with E-state index in [1.54, 1.807) is 11.8 Å². The highest BCUT2D eigenvalue weighted by molar-refractivity contribution is 7.99. The summed E-state index contributed by atoms with van der Waals surface area (Å²) in [5, 5.41) is 17.7. The number of thioether (sulfide) groups is 1. The number of aliphatic hydroxyl groups is 1. The lowest BCUT2D eigenvalue weighted by Crippen LogP contribution is -2.02. The minimum Gasteiger partial charge on any atom is -0.493 e. The average Bonchev–Trinajstić information content (AvgIpc) is 2.82. The molecule has 1 aromatic heterocycles. The molecule has 0 atom stereocenters. The van der Waals surface area contributed by atoms with Gasteiger partial charge in [0.15, 0.2) is 5.16 Å². The first kappa shape index (κ1) is 15.4. The lowest BCUT2D eigenvalue weighted by atomic mass is 10.2. The molecule has 0 bridgehead atoms. The predicted molar refractivity (Wildman–Crippen MR) is 82.4 cm³/mol. The van der Waals surface area contributed by atoms with Crippen molar-refractivity contribution in [3.8, 4) is 17.6 Å². The number of hydrogen-bond donors (Lipinski definition) is 1. The van der Waals surface area contributed by atoms with Crippen LogP contribution in [0.3, 0.4) is 0 Å². The Bertz CT molecular complexity index is 658. The van der Waals surface area contributed by atoms with Crippen LogP contribution in [0.1, 0.15) is 11.4 Å². The molecule has 0 aliphatic carbocycles. The van der Waals surface area contributed by atoms with Crippen molar-refractivity contribution in [2.75, 3.05) is 19.0 Å². The number of benzene rings is 1. The number of aryl methyl sites for hydroxylation is 1. The van der Waals surface area contributed by atoms with Crippen LogP contribution in [-0.2, 0) is 7.05 Å². The van der Waals surface area contributed by atoms with Crippen molar-refractivity contribution >= 4 is 11.8 Å². The summed E-state index contributed by atoms with van der Waals surface area (Å²) in [7, 11) is 1.95. The first-order chi connectivity index (χ1) is 10.2. The van der Waals surface area contributed by atoms with Gasteiger partial charge in [0, 0.05) is 18.4 Å². The molecule has 1 heterocycles. The Hall–Kier alpha value is -1.97. The molecule has 0 saturated heterocycles. The molecule has 0 saturated carbocycles. The third kappa shape index (κ3) is 4.52. The summed E-state index contributed by atoms with van der Waals surface area (Å²) in [4.78, 5) is 0. The standard InChI is InChI=1S/C15H17N3O2S/c1-12-16-17-15(18(12)2)21-10-9-20-14-7-3-5-13(11-14)6-4-8-19/h3,5,7,11,19H,8-10H2,1-2H3. The molecule has 0 aliphatic rings. The highest BCUT2D eigenvalue weighted by Crippen LogP contribution is 2.17. The maximum absolute atomic E-state index is 8.68. The minimum absolute atomic E-state index is 0.140. The van der Waals surface area contributed by atoms with E-state index in [0.29, 0.717) is 6.61 Å². The zero-order valence-electron chi connectivity index (χ0n) is 12.0. The Kier molecular flexibility index (Phi) is 5.67. The van der Waals surface area contributed by atoms with Crippen LogP contribution in [0, 0.1) is 18.8 Å². The smallest absolute Gasteiger partial charge is 0.191 e. The van der Waals surface area contributed by atoms with Gasteiger partial charge in [0.1, 0.15) is 18.2 Å². The van der Waals surface area contributed by atoms with Gasteiger partial charge in [-0.2, -0.15) is 0 Å². The fourth-order valence-electron chi connectivity index (χ4n) is 1.61. The Labute approximate surface area is 128 Å². The third-order valence-electron chi connectivity index (χ3n) is 2.78. The zero-order valence-corrected chi connectivity index (χ0v) is 12.9. The third-order valence-corrected chi connectivity index (χ3v) is 3.77. The van der Waals surface area contributed by atoms with Crippen molar-refractivity contribution < 1.29 is 9.84 Å². The maximum atomic E-state index is 8.68. The number of nitrogens with zero attached hydrogens (tertiary/aromatic N) is 3. The molecule has 0 unspecified atom stereocenters. The second-order valence-corrected chi connectivity index (χ2v) is 5.34. The van der Waals surface area contributed by atoms with Crippen LogP contribution >= 0.6 is 11.8 Å². The molecule has 2 rings (SSSR count). The van der Waals surface area contributed by atoms with Crippen LogP contribution in [0.4, 0.5) is 0 Å². The molecule has 1 N–H and O–H groups in total. The van der Waals surface area contributed by atoms with E-state index >= 15 is 0 Å². The fraction of sp³-hybridized carbons (Fsp3) is 0.333. The van der Waals surface area contributed by atoms with Gasteiger partial charge in [0.05, 0.1) is 6.61 Å². The van der Waals surface area contributed by atoms with Gasteiger partial charge in [-0.1, -0.05) is 29.7 Å². The molecule has 5 nitrogen and oxygen atoms in total. The second-order valence-electron chi connectivity index (χ2n) is 4.27. The Morgan fingerprint density at radius 2 is 2.24 bits per heavy atom. The van der Waals surface area contributed by atoms with Crippen molar-refractivity contribution in [3.05, 3.63) is 35.7 Å². The summed E-state index contributed by atoms with van der Waals surface area (Å²) in [6.07, 6.45) is 0. The van der Waals surface area contributed by atoms with Crippen LogP contribution in [0.2, 0.25) is 0 Å². The van der Waals surface area contributed by atoms with Crippen LogP contribution in [-0.4, -0.2) is 38.8 Å². The first-order valence-electron chi connectivity index (χ1n) is 6.52. The largest absolute Gasteiger partial charge is 0.493 e. The molecule has 2 aromatic rings. The summed E-state index contributed by atoms with van der Waals surface area (Å²) >= 11 is 1.61. The van der Waals surface area contributed by atoms with E-state index in [0.717, 1.165) is 28.0 Å². The molecule has 21 heavy (non-hydrogen) atoms. The van der Waals surface area contributed by atoms with Gasteiger partial charge in [0.2, 0.25) is 0 Å². The molecule has 110 valence electrons. The van der Waals surface area contributed by atoms with Gasteiger partial charge in [-0.25, -0.2) is 0 Å². The Morgan fingerprint density at radius 3 is 2.95 bits per heavy atom. The van der Waals surface area contributed by atoms with E-state index in [2.05, 4.69) is 22.0 Å². The molecular weight excluding hydrogens is 286 g/mol. The average molecular weight is 303 g/mol. The molecule has 1 aromatic carbocycles. The summed E-state index contributed by atoms with van der Waals surface area (Å²) in [6, 6.07) is 7.52. The quantitative estimate of drug-likeness (QED) is 0.517. The fourth-order valence-corrected chi connectivity index (χ4v) is 2.38. The molecule has 0 aliphatic heterocycles. The van der Waals surface area contributed by atoms with E-state index in [1.165, 1.54) is 0 Å². The van der Waals surface area contributed by atoms with Gasteiger partial charge < -0.3 is 14.4 Å². The van der Waals surface area contributed by atoms with Crippen molar-refractivity contribution in [2.45, 2.75) is 12.1 Å². The lowest BCUT2D eigenvalue weighted by Gasteiger charge is -2.06. The highest BCUT2D eigenvalue weighted by Gasteiger charge is 2.05. The molecular formula is C15H17N3O2S. The van der Waals surface area contributed by atoms with Gasteiger partial charge in [-0.05, 0) is 25.1 Å². The van der Waals surface area contributed by atoms with Crippen LogP contribution < -0.4 is 4.74 Å².